The van der Waals surface area contributed by atoms with Crippen LogP contribution in [0.15, 0.2) is 48.5 Å². The first-order valence-corrected chi connectivity index (χ1v) is 7.90. The standard InChI is InChI=1S/C18H20ClN3O2/c1-20-18(24)14-6-8-16(9-7-14)21-17(23)12-22(2)11-13-4-3-5-15(19)10-13/h3-10H,11-12H2,1-2H3,(H,20,24)(H,21,23). The third-order valence-electron chi connectivity index (χ3n) is 3.41. The van der Waals surface area contributed by atoms with Crippen molar-refractivity contribution in [1.82, 2.24) is 10.2 Å². The van der Waals surface area contributed by atoms with Crippen LogP contribution in [0.5, 0.6) is 0 Å². The predicted octanol–water partition coefficient (Wildman–Crippen LogP) is 2.77. The number of hydrogen-bond donors (Lipinski definition) is 2. The molecular weight excluding hydrogens is 326 g/mol. The summed E-state index contributed by atoms with van der Waals surface area (Å²) in [7, 11) is 3.45. The Morgan fingerprint density at radius 1 is 1.12 bits per heavy atom. The number of nitrogens with zero attached hydrogens (tertiary/aromatic N) is 1. The molecule has 2 aromatic carbocycles. The summed E-state index contributed by atoms with van der Waals surface area (Å²) in [6.45, 7) is 0.882. The molecule has 0 aromatic heterocycles. The molecule has 24 heavy (non-hydrogen) atoms. The third kappa shape index (κ3) is 5.37. The first kappa shape index (κ1) is 18.0. The lowest BCUT2D eigenvalue weighted by molar-refractivity contribution is -0.117. The molecule has 2 amide bonds. The summed E-state index contributed by atoms with van der Waals surface area (Å²) in [5, 5.41) is 6.05. The fraction of sp³-hybridized carbons (Fsp3) is 0.222. The first-order valence-electron chi connectivity index (χ1n) is 7.53. The minimum absolute atomic E-state index is 0.118. The van der Waals surface area contributed by atoms with Crippen LogP contribution in [0.3, 0.4) is 0 Å². The number of rotatable bonds is 6. The predicted molar refractivity (Wildman–Crippen MR) is 96.2 cm³/mol. The highest BCUT2D eigenvalue weighted by Gasteiger charge is 2.09. The lowest BCUT2D eigenvalue weighted by Gasteiger charge is -2.16. The number of carbonyl (C=O) groups is 2. The summed E-state index contributed by atoms with van der Waals surface area (Å²) in [6, 6.07) is 14.3. The van der Waals surface area contributed by atoms with Gasteiger partial charge in [0.05, 0.1) is 6.54 Å². The third-order valence-corrected chi connectivity index (χ3v) is 3.65. The number of halogens is 1. The van der Waals surface area contributed by atoms with Crippen LogP contribution in [0.1, 0.15) is 15.9 Å². The van der Waals surface area contributed by atoms with Gasteiger partial charge in [0.25, 0.3) is 5.91 Å². The van der Waals surface area contributed by atoms with E-state index in [1.54, 1.807) is 31.3 Å². The van der Waals surface area contributed by atoms with E-state index in [4.69, 9.17) is 11.6 Å². The van der Waals surface area contributed by atoms with Gasteiger partial charge >= 0.3 is 0 Å². The van der Waals surface area contributed by atoms with Crippen LogP contribution in [-0.2, 0) is 11.3 Å². The monoisotopic (exact) mass is 345 g/mol. The summed E-state index contributed by atoms with van der Waals surface area (Å²) in [5.74, 6) is -0.277. The molecule has 0 aliphatic heterocycles. The number of nitrogens with one attached hydrogen (secondary N) is 2. The summed E-state index contributed by atoms with van der Waals surface area (Å²) in [6.07, 6.45) is 0. The van der Waals surface area contributed by atoms with Gasteiger partial charge in [-0.15, -0.1) is 0 Å². The van der Waals surface area contributed by atoms with Gasteiger partial charge in [-0.2, -0.15) is 0 Å². The number of amides is 2. The molecule has 0 bridgehead atoms. The van der Waals surface area contributed by atoms with Gasteiger partial charge in [-0.1, -0.05) is 23.7 Å². The van der Waals surface area contributed by atoms with Crippen molar-refractivity contribution in [2.75, 3.05) is 26.0 Å². The molecule has 0 saturated heterocycles. The Hall–Kier alpha value is -2.37. The average Bonchev–Trinajstić information content (AvgIpc) is 2.54. The highest BCUT2D eigenvalue weighted by Crippen LogP contribution is 2.13. The van der Waals surface area contributed by atoms with Crippen molar-refractivity contribution in [1.29, 1.82) is 0 Å². The summed E-state index contributed by atoms with van der Waals surface area (Å²) in [4.78, 5) is 25.5. The van der Waals surface area contributed by atoms with Crippen LogP contribution in [0.25, 0.3) is 0 Å². The first-order chi connectivity index (χ1) is 11.5. The zero-order valence-electron chi connectivity index (χ0n) is 13.7. The van der Waals surface area contributed by atoms with Crippen molar-refractivity contribution in [2.45, 2.75) is 6.54 Å². The smallest absolute Gasteiger partial charge is 0.251 e. The van der Waals surface area contributed by atoms with Crippen LogP contribution in [0, 0.1) is 0 Å². The minimum atomic E-state index is -0.158. The molecular formula is C18H20ClN3O2. The maximum Gasteiger partial charge on any atom is 0.251 e. The fourth-order valence-electron chi connectivity index (χ4n) is 2.30. The van der Waals surface area contributed by atoms with Crippen LogP contribution in [0.2, 0.25) is 5.02 Å². The number of benzene rings is 2. The van der Waals surface area contributed by atoms with Gasteiger partial charge in [-0.05, 0) is 49.0 Å². The van der Waals surface area contributed by atoms with E-state index in [2.05, 4.69) is 10.6 Å². The van der Waals surface area contributed by atoms with Crippen molar-refractivity contribution in [2.24, 2.45) is 0 Å². The molecule has 0 aliphatic carbocycles. The van der Waals surface area contributed by atoms with E-state index in [1.807, 2.05) is 36.2 Å². The molecule has 0 unspecified atom stereocenters. The summed E-state index contributed by atoms with van der Waals surface area (Å²) in [5.41, 5.74) is 2.25. The molecule has 0 radical (unpaired) electrons. The Bertz CT molecular complexity index is 716. The number of anilines is 1. The molecule has 6 heteroatoms. The highest BCUT2D eigenvalue weighted by molar-refractivity contribution is 6.30. The van der Waals surface area contributed by atoms with Gasteiger partial charge in [0.15, 0.2) is 0 Å². The molecule has 5 nitrogen and oxygen atoms in total. The SMILES string of the molecule is CNC(=O)c1ccc(NC(=O)CN(C)Cc2cccc(Cl)c2)cc1. The van der Waals surface area contributed by atoms with Crippen molar-refractivity contribution in [3.8, 4) is 0 Å². The van der Waals surface area contributed by atoms with Crippen molar-refractivity contribution >= 4 is 29.1 Å². The second-order valence-electron chi connectivity index (χ2n) is 5.51. The second-order valence-corrected chi connectivity index (χ2v) is 5.94. The molecule has 0 aliphatic rings. The second kappa shape index (κ2) is 8.47. The summed E-state index contributed by atoms with van der Waals surface area (Å²) < 4.78 is 0. The van der Waals surface area contributed by atoms with Crippen molar-refractivity contribution in [3.05, 3.63) is 64.7 Å². The van der Waals surface area contributed by atoms with Crippen molar-refractivity contribution < 1.29 is 9.59 Å². The molecule has 2 aromatic rings. The molecule has 2 rings (SSSR count). The number of hydrogen-bond acceptors (Lipinski definition) is 3. The Morgan fingerprint density at radius 3 is 2.46 bits per heavy atom. The van der Waals surface area contributed by atoms with E-state index >= 15 is 0 Å². The minimum Gasteiger partial charge on any atom is -0.355 e. The largest absolute Gasteiger partial charge is 0.355 e. The van der Waals surface area contributed by atoms with E-state index in [0.717, 1.165) is 5.56 Å². The topological polar surface area (TPSA) is 61.4 Å². The van der Waals surface area contributed by atoms with E-state index in [0.29, 0.717) is 22.8 Å². The highest BCUT2D eigenvalue weighted by atomic mass is 35.5. The van der Waals surface area contributed by atoms with Gasteiger partial charge in [-0.3, -0.25) is 14.5 Å². The molecule has 0 heterocycles. The van der Waals surface area contributed by atoms with E-state index in [1.165, 1.54) is 0 Å². The maximum absolute atomic E-state index is 12.1. The van der Waals surface area contributed by atoms with Crippen LogP contribution < -0.4 is 10.6 Å². The Kier molecular flexibility index (Phi) is 6.35. The molecule has 2 N–H and O–H groups in total. The average molecular weight is 346 g/mol. The maximum atomic E-state index is 12.1. The quantitative estimate of drug-likeness (QED) is 0.846. The number of carbonyl (C=O) groups excluding carboxylic acids is 2. The number of likely N-dealkylation sites (N-methyl/N-ethyl adjacent to an activating group) is 1. The van der Waals surface area contributed by atoms with E-state index in [-0.39, 0.29) is 18.4 Å². The van der Waals surface area contributed by atoms with Crippen LogP contribution >= 0.6 is 11.6 Å². The van der Waals surface area contributed by atoms with Gasteiger partial charge < -0.3 is 10.6 Å². The van der Waals surface area contributed by atoms with Crippen molar-refractivity contribution in [3.63, 3.8) is 0 Å². The lowest BCUT2D eigenvalue weighted by Crippen LogP contribution is -2.29. The van der Waals surface area contributed by atoms with Crippen LogP contribution in [-0.4, -0.2) is 37.4 Å². The molecule has 126 valence electrons. The fourth-order valence-corrected chi connectivity index (χ4v) is 2.51. The van der Waals surface area contributed by atoms with Gasteiger partial charge in [0.1, 0.15) is 0 Å². The van der Waals surface area contributed by atoms with Gasteiger partial charge in [0.2, 0.25) is 5.91 Å². The Labute approximate surface area is 146 Å². The molecule has 0 atom stereocenters. The molecule has 0 fully saturated rings. The Morgan fingerprint density at radius 2 is 1.83 bits per heavy atom. The zero-order chi connectivity index (χ0) is 17.5. The van der Waals surface area contributed by atoms with E-state index < -0.39 is 0 Å². The normalized spacial score (nSPS) is 10.5. The van der Waals surface area contributed by atoms with Gasteiger partial charge in [-0.25, -0.2) is 0 Å². The molecule has 0 saturated carbocycles. The lowest BCUT2D eigenvalue weighted by atomic mass is 10.2. The summed E-state index contributed by atoms with van der Waals surface area (Å²) >= 11 is 5.96. The molecule has 0 spiro atoms. The zero-order valence-corrected chi connectivity index (χ0v) is 14.4. The van der Waals surface area contributed by atoms with E-state index in [9.17, 15) is 9.59 Å². The van der Waals surface area contributed by atoms with Gasteiger partial charge in [0, 0.05) is 29.9 Å². The van der Waals surface area contributed by atoms with Crippen LogP contribution in [0.4, 0.5) is 5.69 Å². The Balaban J connectivity index is 1.87.